The van der Waals surface area contributed by atoms with Gasteiger partial charge < -0.3 is 19.1 Å². The summed E-state index contributed by atoms with van der Waals surface area (Å²) >= 11 is 0. The van der Waals surface area contributed by atoms with Gasteiger partial charge in [0, 0.05) is 32.2 Å². The zero-order valence-corrected chi connectivity index (χ0v) is 18.4. The van der Waals surface area contributed by atoms with E-state index >= 15 is 0 Å². The number of anilines is 1. The molecule has 1 saturated heterocycles. The maximum absolute atomic E-state index is 13.2. The quantitative estimate of drug-likeness (QED) is 0.368. The first-order valence-electron chi connectivity index (χ1n) is 10.6. The number of fused-ring (bicyclic) bond motifs is 1. The van der Waals surface area contributed by atoms with Gasteiger partial charge in [0.2, 0.25) is 11.7 Å². The molecule has 1 fully saturated rings. The molecule has 17 heteroatoms. The Hall–Kier alpha value is -3.63. The largest absolute Gasteiger partial charge is 0.452 e. The highest BCUT2D eigenvalue weighted by molar-refractivity contribution is 5.80. The van der Waals surface area contributed by atoms with Crippen LogP contribution < -0.4 is 10.5 Å². The van der Waals surface area contributed by atoms with E-state index in [1.807, 2.05) is 5.10 Å². The van der Waals surface area contributed by atoms with Gasteiger partial charge in [-0.25, -0.2) is 5.10 Å². The predicted octanol–water partition coefficient (Wildman–Crippen LogP) is 1.90. The van der Waals surface area contributed by atoms with Crippen molar-refractivity contribution in [1.29, 1.82) is 0 Å². The summed E-state index contributed by atoms with van der Waals surface area (Å²) in [6.07, 6.45) is -8.41. The molecule has 0 bridgehead atoms. The summed E-state index contributed by atoms with van der Waals surface area (Å²) in [4.78, 5) is 27.3. The molecule has 3 aromatic heterocycles. The number of aromatic amines is 1. The average molecular weight is 523 g/mol. The van der Waals surface area contributed by atoms with Crippen LogP contribution in [0, 0.1) is 0 Å². The van der Waals surface area contributed by atoms with E-state index in [4.69, 9.17) is 4.74 Å². The van der Waals surface area contributed by atoms with Gasteiger partial charge in [0.25, 0.3) is 5.56 Å². The van der Waals surface area contributed by atoms with Crippen LogP contribution in [-0.2, 0) is 28.4 Å². The number of nitrogens with zero attached hydrogens (tertiary/aromatic N) is 6. The number of rotatable bonds is 7. The molecule has 1 amide bonds. The molecule has 0 saturated carbocycles. The lowest BCUT2D eigenvalue weighted by Crippen LogP contribution is -2.49. The van der Waals surface area contributed by atoms with Gasteiger partial charge in [0.15, 0.2) is 11.5 Å². The SMILES string of the molecule is O=C(CCOCCn1nc(C(F)(F)F)c2c(=O)[nH]ncc21)N1CCN(c2cc(C(F)(F)F)on2)CC1. The molecule has 4 rings (SSSR count). The highest BCUT2D eigenvalue weighted by Gasteiger charge is 2.38. The van der Waals surface area contributed by atoms with E-state index in [-0.39, 0.29) is 69.6 Å². The Kier molecular flexibility index (Phi) is 6.92. The van der Waals surface area contributed by atoms with E-state index in [0.29, 0.717) is 0 Å². The maximum Gasteiger partial charge on any atom is 0.452 e. The second-order valence-electron chi connectivity index (χ2n) is 7.81. The number of H-pyrrole nitrogens is 1. The van der Waals surface area contributed by atoms with E-state index in [0.717, 1.165) is 16.9 Å². The van der Waals surface area contributed by atoms with Crippen molar-refractivity contribution in [2.75, 3.05) is 44.3 Å². The third-order valence-electron chi connectivity index (χ3n) is 5.48. The molecule has 1 aliphatic heterocycles. The molecule has 0 aromatic carbocycles. The number of piperazine rings is 1. The van der Waals surface area contributed by atoms with E-state index in [9.17, 15) is 35.9 Å². The van der Waals surface area contributed by atoms with Crippen molar-refractivity contribution < 1.29 is 40.4 Å². The minimum Gasteiger partial charge on any atom is -0.379 e. The van der Waals surface area contributed by atoms with Gasteiger partial charge in [0.05, 0.1) is 37.9 Å². The molecular weight excluding hydrogens is 504 g/mol. The molecule has 196 valence electrons. The lowest BCUT2D eigenvalue weighted by molar-refractivity contribution is -0.155. The average Bonchev–Trinajstić information content (AvgIpc) is 3.45. The van der Waals surface area contributed by atoms with Crippen molar-refractivity contribution in [3.05, 3.63) is 34.1 Å². The number of alkyl halides is 6. The smallest absolute Gasteiger partial charge is 0.379 e. The normalized spacial score (nSPS) is 15.2. The van der Waals surface area contributed by atoms with Crippen molar-refractivity contribution >= 4 is 22.6 Å². The maximum atomic E-state index is 13.2. The topological polar surface area (TPSA) is 122 Å². The van der Waals surface area contributed by atoms with Gasteiger partial charge in [-0.05, 0) is 0 Å². The van der Waals surface area contributed by atoms with E-state index in [1.54, 1.807) is 4.90 Å². The van der Waals surface area contributed by atoms with Crippen LogP contribution in [0.5, 0.6) is 0 Å². The molecular formula is C19H19F6N7O4. The van der Waals surface area contributed by atoms with Gasteiger partial charge >= 0.3 is 12.4 Å². The number of carbonyl (C=O) groups is 1. The molecule has 36 heavy (non-hydrogen) atoms. The summed E-state index contributed by atoms with van der Waals surface area (Å²) in [5, 5.41) is 11.7. The number of amides is 1. The summed E-state index contributed by atoms with van der Waals surface area (Å²) in [6, 6.07) is 0.804. The van der Waals surface area contributed by atoms with Crippen LogP contribution in [0.1, 0.15) is 17.9 Å². The number of hydrogen-bond acceptors (Lipinski definition) is 8. The number of hydrogen-bond donors (Lipinski definition) is 1. The van der Waals surface area contributed by atoms with Crippen LogP contribution in [0.25, 0.3) is 10.9 Å². The van der Waals surface area contributed by atoms with E-state index in [2.05, 4.69) is 19.9 Å². The first-order chi connectivity index (χ1) is 16.9. The zero-order chi connectivity index (χ0) is 26.1. The molecule has 11 nitrogen and oxygen atoms in total. The molecule has 3 aromatic rings. The standard InChI is InChI=1S/C19H19F6N7O4/c20-18(21,22)12-9-13(29-36-12)30-2-4-31(5-3-30)14(33)1-7-35-8-6-32-11-10-26-27-17(34)15(11)16(28-32)19(23,24)25/h9-10H,1-8H2,(H,27,34). The van der Waals surface area contributed by atoms with Crippen molar-refractivity contribution in [3.8, 4) is 0 Å². The second-order valence-corrected chi connectivity index (χ2v) is 7.81. The summed E-state index contributed by atoms with van der Waals surface area (Å²) < 4.78 is 88.2. The summed E-state index contributed by atoms with van der Waals surface area (Å²) in [7, 11) is 0. The highest BCUT2D eigenvalue weighted by Crippen LogP contribution is 2.33. The van der Waals surface area contributed by atoms with Crippen LogP contribution in [0.3, 0.4) is 0 Å². The summed E-state index contributed by atoms with van der Waals surface area (Å²) in [5.74, 6) is -1.41. The van der Waals surface area contributed by atoms with Crippen LogP contribution >= 0.6 is 0 Å². The fraction of sp³-hybridized carbons (Fsp3) is 0.526. The van der Waals surface area contributed by atoms with Crippen molar-refractivity contribution in [1.82, 2.24) is 30.0 Å². The number of halogens is 6. The van der Waals surface area contributed by atoms with Gasteiger partial charge in [0.1, 0.15) is 5.39 Å². The van der Waals surface area contributed by atoms with E-state index < -0.39 is 34.8 Å². The molecule has 0 spiro atoms. The Bertz CT molecular complexity index is 1270. The van der Waals surface area contributed by atoms with Crippen molar-refractivity contribution in [3.63, 3.8) is 0 Å². The number of carbonyl (C=O) groups excluding carboxylic acids is 1. The summed E-state index contributed by atoms with van der Waals surface area (Å²) in [6.45, 7) is 0.844. The fourth-order valence-electron chi connectivity index (χ4n) is 3.71. The molecule has 1 aliphatic rings. The zero-order valence-electron chi connectivity index (χ0n) is 18.4. The van der Waals surface area contributed by atoms with Crippen molar-refractivity contribution in [2.45, 2.75) is 25.3 Å². The van der Waals surface area contributed by atoms with Gasteiger partial charge in [-0.2, -0.15) is 36.5 Å². The van der Waals surface area contributed by atoms with Gasteiger partial charge in [-0.15, -0.1) is 0 Å². The van der Waals surface area contributed by atoms with Crippen molar-refractivity contribution in [2.24, 2.45) is 0 Å². The van der Waals surface area contributed by atoms with Gasteiger partial charge in [-0.3, -0.25) is 14.3 Å². The molecule has 0 atom stereocenters. The highest BCUT2D eigenvalue weighted by atomic mass is 19.4. The Morgan fingerprint density at radius 2 is 1.81 bits per heavy atom. The van der Waals surface area contributed by atoms with Crippen LogP contribution in [0.15, 0.2) is 21.6 Å². The fourth-order valence-corrected chi connectivity index (χ4v) is 3.71. The second kappa shape index (κ2) is 9.79. The van der Waals surface area contributed by atoms with Gasteiger partial charge in [-0.1, -0.05) is 5.16 Å². The molecule has 1 N–H and O–H groups in total. The minimum absolute atomic E-state index is 0.00291. The lowest BCUT2D eigenvalue weighted by Gasteiger charge is -2.34. The summed E-state index contributed by atoms with van der Waals surface area (Å²) in [5.41, 5.74) is -2.43. The molecule has 0 radical (unpaired) electrons. The van der Waals surface area contributed by atoms with Crippen LogP contribution in [0.2, 0.25) is 0 Å². The Balaban J connectivity index is 1.23. The number of ether oxygens (including phenoxy) is 1. The first kappa shape index (κ1) is 25.5. The molecule has 0 unspecified atom stereocenters. The minimum atomic E-state index is -4.83. The van der Waals surface area contributed by atoms with Crippen LogP contribution in [0.4, 0.5) is 32.2 Å². The molecule has 4 heterocycles. The number of aromatic nitrogens is 5. The Labute approximate surface area is 197 Å². The Morgan fingerprint density at radius 3 is 2.44 bits per heavy atom. The monoisotopic (exact) mass is 523 g/mol. The predicted molar refractivity (Wildman–Crippen MR) is 109 cm³/mol. The lowest BCUT2D eigenvalue weighted by atomic mass is 10.2. The van der Waals surface area contributed by atoms with E-state index in [1.165, 1.54) is 4.90 Å². The molecule has 0 aliphatic carbocycles. The Morgan fingerprint density at radius 1 is 1.08 bits per heavy atom. The third kappa shape index (κ3) is 5.44. The first-order valence-corrected chi connectivity index (χ1v) is 10.6. The third-order valence-corrected chi connectivity index (χ3v) is 5.48. The number of nitrogens with one attached hydrogen (secondary N) is 1. The van der Waals surface area contributed by atoms with Crippen LogP contribution in [-0.4, -0.2) is 75.3 Å².